The number of fused-ring (bicyclic) bond motifs is 1. The monoisotopic (exact) mass is 154 g/mol. The van der Waals surface area contributed by atoms with Crippen molar-refractivity contribution in [1.29, 1.82) is 0 Å². The smallest absolute Gasteiger partial charge is 0.0478 e. The van der Waals surface area contributed by atoms with E-state index in [9.17, 15) is 0 Å². The molecule has 0 radical (unpaired) electrons. The molecule has 0 bridgehead atoms. The van der Waals surface area contributed by atoms with Crippen LogP contribution in [0.3, 0.4) is 0 Å². The number of hydrogen-bond acceptors (Lipinski definition) is 2. The molecule has 0 unspecified atom stereocenters. The van der Waals surface area contributed by atoms with E-state index in [4.69, 9.17) is 0 Å². The molecule has 0 atom stereocenters. The standard InChI is InChI=1S/C7H6S2/c1-5-7-6(4-9-5)2-3-8-7/h2-4H,1H3. The molecule has 0 N–H and O–H groups in total. The summed E-state index contributed by atoms with van der Waals surface area (Å²) in [5.74, 6) is 0. The number of thiophene rings is 2. The summed E-state index contributed by atoms with van der Waals surface area (Å²) in [6.07, 6.45) is 0. The van der Waals surface area contributed by atoms with Gasteiger partial charge in [-0.15, -0.1) is 22.7 Å². The minimum Gasteiger partial charge on any atom is -0.147 e. The van der Waals surface area contributed by atoms with E-state index >= 15 is 0 Å². The highest BCUT2D eigenvalue weighted by molar-refractivity contribution is 7.22. The Morgan fingerprint density at radius 3 is 3.00 bits per heavy atom. The van der Waals surface area contributed by atoms with E-state index in [-0.39, 0.29) is 0 Å². The third-order valence-electron chi connectivity index (χ3n) is 1.38. The number of rotatable bonds is 0. The van der Waals surface area contributed by atoms with E-state index < -0.39 is 0 Å². The Morgan fingerprint density at radius 1 is 1.33 bits per heavy atom. The van der Waals surface area contributed by atoms with Gasteiger partial charge in [0.1, 0.15) is 0 Å². The quantitative estimate of drug-likeness (QED) is 0.546. The summed E-state index contributed by atoms with van der Waals surface area (Å²) < 4.78 is 1.46. The van der Waals surface area contributed by atoms with Crippen LogP contribution in [0.5, 0.6) is 0 Å². The zero-order valence-corrected chi connectivity index (χ0v) is 6.68. The Hall–Kier alpha value is -0.340. The fraction of sp³-hybridized carbons (Fsp3) is 0.143. The highest BCUT2D eigenvalue weighted by atomic mass is 32.1. The lowest BCUT2D eigenvalue weighted by atomic mass is 10.4. The third-order valence-corrected chi connectivity index (χ3v) is 3.49. The Kier molecular flexibility index (Phi) is 1.10. The van der Waals surface area contributed by atoms with Crippen LogP contribution in [-0.2, 0) is 0 Å². The van der Waals surface area contributed by atoms with Crippen LogP contribution in [0, 0.1) is 6.92 Å². The Morgan fingerprint density at radius 2 is 2.22 bits per heavy atom. The molecule has 0 saturated heterocycles. The van der Waals surface area contributed by atoms with Crippen LogP contribution in [0.1, 0.15) is 4.88 Å². The van der Waals surface area contributed by atoms with E-state index in [0.29, 0.717) is 0 Å². The first kappa shape index (κ1) is 5.45. The molecule has 46 valence electrons. The Balaban J connectivity index is 2.99. The molecule has 0 amide bonds. The fourth-order valence-electron chi connectivity index (χ4n) is 0.904. The van der Waals surface area contributed by atoms with Crippen LogP contribution < -0.4 is 0 Å². The summed E-state index contributed by atoms with van der Waals surface area (Å²) in [4.78, 5) is 1.44. The SMILES string of the molecule is Cc1scc2ccsc12. The molecule has 2 aromatic rings. The molecule has 2 heterocycles. The minimum atomic E-state index is 1.41. The molecule has 0 aromatic carbocycles. The third kappa shape index (κ3) is 0.705. The van der Waals surface area contributed by atoms with Crippen molar-refractivity contribution in [2.45, 2.75) is 6.92 Å². The highest BCUT2D eigenvalue weighted by Gasteiger charge is 1.97. The largest absolute Gasteiger partial charge is 0.147 e. The maximum atomic E-state index is 2.21. The maximum absolute atomic E-state index is 2.21. The normalized spacial score (nSPS) is 10.8. The molecular weight excluding hydrogens is 148 g/mol. The van der Waals surface area contributed by atoms with Crippen molar-refractivity contribution in [3.05, 3.63) is 21.7 Å². The van der Waals surface area contributed by atoms with E-state index in [1.807, 2.05) is 22.7 Å². The number of aryl methyl sites for hydroxylation is 1. The summed E-state index contributed by atoms with van der Waals surface area (Å²) in [6.45, 7) is 2.17. The summed E-state index contributed by atoms with van der Waals surface area (Å²) >= 11 is 3.67. The molecule has 2 aromatic heterocycles. The highest BCUT2D eigenvalue weighted by Crippen LogP contribution is 2.29. The molecule has 2 heteroatoms. The molecule has 0 aliphatic carbocycles. The van der Waals surface area contributed by atoms with Crippen molar-refractivity contribution in [2.24, 2.45) is 0 Å². The zero-order chi connectivity index (χ0) is 6.27. The summed E-state index contributed by atoms with van der Waals surface area (Å²) in [5.41, 5.74) is 0. The van der Waals surface area contributed by atoms with Gasteiger partial charge in [0.2, 0.25) is 0 Å². The van der Waals surface area contributed by atoms with Gasteiger partial charge < -0.3 is 0 Å². The molecule has 0 fully saturated rings. The van der Waals surface area contributed by atoms with Crippen molar-refractivity contribution in [2.75, 3.05) is 0 Å². The van der Waals surface area contributed by atoms with Gasteiger partial charge in [-0.25, -0.2) is 0 Å². The lowest BCUT2D eigenvalue weighted by molar-refractivity contribution is 1.72. The van der Waals surface area contributed by atoms with Gasteiger partial charge in [0.25, 0.3) is 0 Å². The first-order valence-corrected chi connectivity index (χ1v) is 4.55. The minimum absolute atomic E-state index is 1.41. The zero-order valence-electron chi connectivity index (χ0n) is 5.05. The Labute approximate surface area is 61.8 Å². The van der Waals surface area contributed by atoms with Gasteiger partial charge in [0.05, 0.1) is 0 Å². The lowest BCUT2D eigenvalue weighted by Crippen LogP contribution is -1.49. The van der Waals surface area contributed by atoms with Crippen molar-refractivity contribution >= 4 is 32.8 Å². The second-order valence-electron chi connectivity index (χ2n) is 2.00. The lowest BCUT2D eigenvalue weighted by Gasteiger charge is -1.75. The predicted molar refractivity (Wildman–Crippen MR) is 44.4 cm³/mol. The molecule has 0 nitrogen and oxygen atoms in total. The average molecular weight is 154 g/mol. The van der Waals surface area contributed by atoms with E-state index in [2.05, 4.69) is 23.8 Å². The van der Waals surface area contributed by atoms with Crippen molar-refractivity contribution in [1.82, 2.24) is 0 Å². The van der Waals surface area contributed by atoms with Crippen LogP contribution >= 0.6 is 22.7 Å². The van der Waals surface area contributed by atoms with E-state index in [1.165, 1.54) is 15.0 Å². The van der Waals surface area contributed by atoms with Crippen LogP contribution in [0.15, 0.2) is 16.8 Å². The van der Waals surface area contributed by atoms with E-state index in [0.717, 1.165) is 0 Å². The fourth-order valence-corrected chi connectivity index (χ4v) is 2.77. The number of hydrogen-bond donors (Lipinski definition) is 0. The molecule has 0 aliphatic heterocycles. The van der Waals surface area contributed by atoms with Gasteiger partial charge in [-0.1, -0.05) is 0 Å². The second kappa shape index (κ2) is 1.82. The van der Waals surface area contributed by atoms with Gasteiger partial charge in [0.15, 0.2) is 0 Å². The van der Waals surface area contributed by atoms with Crippen LogP contribution in [0.25, 0.3) is 10.1 Å². The molecule has 0 spiro atoms. The van der Waals surface area contributed by atoms with Crippen molar-refractivity contribution < 1.29 is 0 Å². The van der Waals surface area contributed by atoms with Gasteiger partial charge in [-0.05, 0) is 23.8 Å². The first-order chi connectivity index (χ1) is 4.38. The first-order valence-electron chi connectivity index (χ1n) is 2.79. The van der Waals surface area contributed by atoms with Gasteiger partial charge in [-0.3, -0.25) is 0 Å². The van der Waals surface area contributed by atoms with Crippen LogP contribution in [0.4, 0.5) is 0 Å². The topological polar surface area (TPSA) is 0 Å². The molecule has 9 heavy (non-hydrogen) atoms. The average Bonchev–Trinajstić information content (AvgIpc) is 2.35. The maximum Gasteiger partial charge on any atom is 0.0478 e. The molecule has 0 aliphatic rings. The van der Waals surface area contributed by atoms with Crippen LogP contribution in [0.2, 0.25) is 0 Å². The Bertz CT molecular complexity index is 316. The van der Waals surface area contributed by atoms with E-state index in [1.54, 1.807) is 0 Å². The van der Waals surface area contributed by atoms with Crippen LogP contribution in [-0.4, -0.2) is 0 Å². The van der Waals surface area contributed by atoms with Gasteiger partial charge >= 0.3 is 0 Å². The summed E-state index contributed by atoms with van der Waals surface area (Å²) in [6, 6.07) is 2.17. The second-order valence-corrected chi connectivity index (χ2v) is 4.00. The van der Waals surface area contributed by atoms with Crippen molar-refractivity contribution in [3.8, 4) is 0 Å². The van der Waals surface area contributed by atoms with Crippen molar-refractivity contribution in [3.63, 3.8) is 0 Å². The predicted octanol–water partition coefficient (Wildman–Crippen LogP) is 3.27. The van der Waals surface area contributed by atoms with Gasteiger partial charge in [-0.2, -0.15) is 0 Å². The summed E-state index contributed by atoms with van der Waals surface area (Å²) in [7, 11) is 0. The molecule has 0 saturated carbocycles. The summed E-state index contributed by atoms with van der Waals surface area (Å²) in [5, 5.41) is 5.76. The molecule has 2 rings (SSSR count). The molecular formula is C7H6S2. The van der Waals surface area contributed by atoms with Gasteiger partial charge in [0, 0.05) is 15.0 Å².